The van der Waals surface area contributed by atoms with Crippen molar-refractivity contribution in [2.75, 3.05) is 52.2 Å². The van der Waals surface area contributed by atoms with Crippen LogP contribution in [0.1, 0.15) is 15.9 Å². The molecule has 0 aliphatic carbocycles. The highest BCUT2D eigenvalue weighted by molar-refractivity contribution is 5.94. The third-order valence-electron chi connectivity index (χ3n) is 4.69. The fourth-order valence-corrected chi connectivity index (χ4v) is 3.05. The average Bonchev–Trinajstić information content (AvgIpc) is 2.69. The van der Waals surface area contributed by atoms with E-state index in [1.807, 2.05) is 35.2 Å². The number of aromatic nitrogens is 1. The number of nitrogens with zero attached hydrogens (tertiary/aromatic N) is 3. The Morgan fingerprint density at radius 2 is 1.92 bits per heavy atom. The minimum atomic E-state index is 0.0613. The van der Waals surface area contributed by atoms with Gasteiger partial charge in [0, 0.05) is 38.9 Å². The molecule has 1 N–H and O–H groups in total. The number of anilines is 1. The van der Waals surface area contributed by atoms with Gasteiger partial charge in [0.1, 0.15) is 11.6 Å². The highest BCUT2D eigenvalue weighted by Gasteiger charge is 2.20. The molecule has 3 rings (SSSR count). The molecule has 1 saturated heterocycles. The Morgan fingerprint density at radius 1 is 1.15 bits per heavy atom. The molecule has 138 valence electrons. The summed E-state index contributed by atoms with van der Waals surface area (Å²) in [7, 11) is 3.76. The first-order valence-electron chi connectivity index (χ1n) is 8.97. The number of likely N-dealkylation sites (N-methyl/N-ethyl adjacent to an activating group) is 1. The van der Waals surface area contributed by atoms with Crippen molar-refractivity contribution in [3.05, 3.63) is 53.7 Å². The standard InChI is InChI=1S/C20H26N4O2/c1-23-11-13-24(14-12-23)20(25)17-7-8-19(22-15-17)21-10-9-16-5-3-4-6-18(16)26-2/h3-8,15H,9-14H2,1-2H3,(H,21,22). The summed E-state index contributed by atoms with van der Waals surface area (Å²) in [5, 5.41) is 3.30. The summed E-state index contributed by atoms with van der Waals surface area (Å²) in [4.78, 5) is 21.0. The number of para-hydroxylation sites is 1. The van der Waals surface area contributed by atoms with E-state index in [2.05, 4.69) is 28.3 Å². The number of methoxy groups -OCH3 is 1. The molecule has 6 heteroatoms. The predicted molar refractivity (Wildman–Crippen MR) is 103 cm³/mol. The van der Waals surface area contributed by atoms with Crippen LogP contribution < -0.4 is 10.1 Å². The van der Waals surface area contributed by atoms with Crippen LogP contribution in [0.4, 0.5) is 5.82 Å². The maximum absolute atomic E-state index is 12.5. The van der Waals surface area contributed by atoms with Crippen LogP contribution in [-0.2, 0) is 6.42 Å². The van der Waals surface area contributed by atoms with Crippen LogP contribution in [-0.4, -0.2) is 67.6 Å². The van der Waals surface area contributed by atoms with E-state index in [0.29, 0.717) is 5.56 Å². The Morgan fingerprint density at radius 3 is 2.62 bits per heavy atom. The quantitative estimate of drug-likeness (QED) is 0.861. The predicted octanol–water partition coefficient (Wildman–Crippen LogP) is 2.13. The average molecular weight is 354 g/mol. The van der Waals surface area contributed by atoms with E-state index in [1.165, 1.54) is 0 Å². The summed E-state index contributed by atoms with van der Waals surface area (Å²) in [5.74, 6) is 1.73. The van der Waals surface area contributed by atoms with Gasteiger partial charge in [-0.25, -0.2) is 4.98 Å². The molecule has 2 aromatic rings. The van der Waals surface area contributed by atoms with Crippen molar-refractivity contribution in [2.45, 2.75) is 6.42 Å². The van der Waals surface area contributed by atoms with Crippen LogP contribution in [0.25, 0.3) is 0 Å². The van der Waals surface area contributed by atoms with Gasteiger partial charge in [-0.3, -0.25) is 4.79 Å². The summed E-state index contributed by atoms with van der Waals surface area (Å²) in [6.07, 6.45) is 2.50. The van der Waals surface area contributed by atoms with E-state index < -0.39 is 0 Å². The fraction of sp³-hybridized carbons (Fsp3) is 0.400. The zero-order chi connectivity index (χ0) is 18.4. The molecule has 1 aliphatic rings. The number of carbonyl (C=O) groups is 1. The largest absolute Gasteiger partial charge is 0.496 e. The minimum absolute atomic E-state index is 0.0613. The molecule has 0 radical (unpaired) electrons. The molecule has 0 atom stereocenters. The van der Waals surface area contributed by atoms with Gasteiger partial charge in [0.15, 0.2) is 0 Å². The van der Waals surface area contributed by atoms with E-state index in [9.17, 15) is 4.79 Å². The van der Waals surface area contributed by atoms with Gasteiger partial charge in [0.05, 0.1) is 12.7 Å². The van der Waals surface area contributed by atoms with Crippen molar-refractivity contribution >= 4 is 11.7 Å². The number of rotatable bonds is 6. The molecule has 1 aliphatic heterocycles. The zero-order valence-electron chi connectivity index (χ0n) is 15.4. The molecular formula is C20H26N4O2. The van der Waals surface area contributed by atoms with Gasteiger partial charge in [0.25, 0.3) is 5.91 Å². The van der Waals surface area contributed by atoms with Crippen LogP contribution in [0.3, 0.4) is 0 Å². The van der Waals surface area contributed by atoms with Crippen LogP contribution in [0.15, 0.2) is 42.6 Å². The summed E-state index contributed by atoms with van der Waals surface area (Å²) in [5.41, 5.74) is 1.80. The lowest BCUT2D eigenvalue weighted by Crippen LogP contribution is -2.47. The number of piperazine rings is 1. The SMILES string of the molecule is COc1ccccc1CCNc1ccc(C(=O)N2CCN(C)CC2)cn1. The number of hydrogen-bond donors (Lipinski definition) is 1. The molecule has 2 heterocycles. The first-order valence-corrected chi connectivity index (χ1v) is 8.97. The molecular weight excluding hydrogens is 328 g/mol. The number of hydrogen-bond acceptors (Lipinski definition) is 5. The Hall–Kier alpha value is -2.60. The van der Waals surface area contributed by atoms with E-state index in [-0.39, 0.29) is 5.91 Å². The molecule has 1 amide bonds. The summed E-state index contributed by atoms with van der Waals surface area (Å²) < 4.78 is 5.37. The van der Waals surface area contributed by atoms with Gasteiger partial charge in [-0.2, -0.15) is 0 Å². The second kappa shape index (κ2) is 8.67. The van der Waals surface area contributed by atoms with E-state index in [4.69, 9.17) is 4.74 Å². The highest BCUT2D eigenvalue weighted by Crippen LogP contribution is 2.18. The Balaban J connectivity index is 1.52. The van der Waals surface area contributed by atoms with Crippen LogP contribution in [0.2, 0.25) is 0 Å². The molecule has 6 nitrogen and oxygen atoms in total. The van der Waals surface area contributed by atoms with Crippen molar-refractivity contribution < 1.29 is 9.53 Å². The molecule has 0 saturated carbocycles. The molecule has 26 heavy (non-hydrogen) atoms. The van der Waals surface area contributed by atoms with Crippen LogP contribution in [0.5, 0.6) is 5.75 Å². The number of benzene rings is 1. The third-order valence-corrected chi connectivity index (χ3v) is 4.69. The molecule has 1 aromatic carbocycles. The first-order chi connectivity index (χ1) is 12.7. The van der Waals surface area contributed by atoms with Crippen LogP contribution in [0, 0.1) is 0 Å². The molecule has 0 unspecified atom stereocenters. The van der Waals surface area contributed by atoms with Gasteiger partial charge in [-0.1, -0.05) is 18.2 Å². The van der Waals surface area contributed by atoms with Crippen molar-refractivity contribution in [3.63, 3.8) is 0 Å². The number of carbonyl (C=O) groups excluding carboxylic acids is 1. The van der Waals surface area contributed by atoms with Crippen LogP contribution >= 0.6 is 0 Å². The Kier molecular flexibility index (Phi) is 6.07. The second-order valence-corrected chi connectivity index (χ2v) is 6.52. The van der Waals surface area contributed by atoms with E-state index >= 15 is 0 Å². The monoisotopic (exact) mass is 354 g/mol. The molecule has 1 fully saturated rings. The normalized spacial score (nSPS) is 14.9. The maximum atomic E-state index is 12.5. The topological polar surface area (TPSA) is 57.7 Å². The summed E-state index contributed by atoms with van der Waals surface area (Å²) in [6, 6.07) is 11.7. The van der Waals surface area contributed by atoms with Crippen molar-refractivity contribution in [3.8, 4) is 5.75 Å². The van der Waals surface area contributed by atoms with Crippen molar-refractivity contribution in [1.82, 2.24) is 14.8 Å². The molecule has 0 bridgehead atoms. The van der Waals surface area contributed by atoms with Gasteiger partial charge < -0.3 is 19.9 Å². The number of ether oxygens (including phenoxy) is 1. The summed E-state index contributed by atoms with van der Waals surface area (Å²) in [6.45, 7) is 4.13. The van der Waals surface area contributed by atoms with E-state index in [1.54, 1.807) is 13.3 Å². The number of amides is 1. The van der Waals surface area contributed by atoms with Gasteiger partial charge in [0.2, 0.25) is 0 Å². The van der Waals surface area contributed by atoms with Crippen molar-refractivity contribution in [2.24, 2.45) is 0 Å². The van der Waals surface area contributed by atoms with E-state index in [0.717, 1.165) is 56.3 Å². The number of nitrogens with one attached hydrogen (secondary N) is 1. The summed E-state index contributed by atoms with van der Waals surface area (Å²) >= 11 is 0. The fourth-order valence-electron chi connectivity index (χ4n) is 3.05. The van der Waals surface area contributed by atoms with Crippen molar-refractivity contribution in [1.29, 1.82) is 0 Å². The lowest BCUT2D eigenvalue weighted by molar-refractivity contribution is 0.0663. The van der Waals surface area contributed by atoms with Gasteiger partial charge >= 0.3 is 0 Å². The maximum Gasteiger partial charge on any atom is 0.255 e. The molecule has 1 aromatic heterocycles. The smallest absolute Gasteiger partial charge is 0.255 e. The highest BCUT2D eigenvalue weighted by atomic mass is 16.5. The lowest BCUT2D eigenvalue weighted by atomic mass is 10.1. The number of pyridine rings is 1. The Bertz CT molecular complexity index is 725. The lowest BCUT2D eigenvalue weighted by Gasteiger charge is -2.32. The second-order valence-electron chi connectivity index (χ2n) is 6.52. The van der Waals surface area contributed by atoms with Gasteiger partial charge in [-0.05, 0) is 37.2 Å². The Labute approximate surface area is 154 Å². The van der Waals surface area contributed by atoms with Gasteiger partial charge in [-0.15, -0.1) is 0 Å². The first kappa shape index (κ1) is 18.2. The molecule has 0 spiro atoms. The minimum Gasteiger partial charge on any atom is -0.496 e. The third kappa shape index (κ3) is 4.52. The zero-order valence-corrected chi connectivity index (χ0v) is 15.4.